The van der Waals surface area contributed by atoms with E-state index < -0.39 is 5.60 Å². The fraction of sp³-hybridized carbons (Fsp3) is 0.923. The van der Waals surface area contributed by atoms with Crippen LogP contribution in [0.15, 0.2) is 0 Å². The minimum atomic E-state index is -0.406. The fourth-order valence-electron chi connectivity index (χ4n) is 1.46. The Hall–Kier alpha value is -0.770. The minimum absolute atomic E-state index is 0.312. The molecule has 0 heterocycles. The van der Waals surface area contributed by atoms with Crippen LogP contribution in [0.4, 0.5) is 4.79 Å². The predicted octanol–water partition coefficient (Wildman–Crippen LogP) is 2.68. The molecule has 17 heavy (non-hydrogen) atoms. The number of alkyl carbamates (subject to hydrolysis) is 1. The number of hydrogen-bond acceptors (Lipinski definition) is 3. The predicted molar refractivity (Wildman–Crippen MR) is 71.2 cm³/mol. The van der Waals surface area contributed by atoms with Crippen molar-refractivity contribution in [1.29, 1.82) is 0 Å². The summed E-state index contributed by atoms with van der Waals surface area (Å²) < 4.78 is 5.14. The highest BCUT2D eigenvalue weighted by molar-refractivity contribution is 5.67. The van der Waals surface area contributed by atoms with Gasteiger partial charge in [-0.05, 0) is 47.2 Å². The van der Waals surface area contributed by atoms with Gasteiger partial charge in [-0.3, -0.25) is 0 Å². The third kappa shape index (κ3) is 13.2. The molecule has 0 unspecified atom stereocenters. The fourth-order valence-corrected chi connectivity index (χ4v) is 1.46. The van der Waals surface area contributed by atoms with Crippen molar-refractivity contribution in [3.05, 3.63) is 0 Å². The molecule has 0 aliphatic rings. The second-order valence-corrected chi connectivity index (χ2v) is 5.30. The molecule has 0 aromatic rings. The lowest BCUT2D eigenvalue weighted by Crippen LogP contribution is -2.32. The molecule has 0 saturated heterocycles. The van der Waals surface area contributed by atoms with Gasteiger partial charge in [0, 0.05) is 6.54 Å². The third-order valence-electron chi connectivity index (χ3n) is 2.27. The minimum Gasteiger partial charge on any atom is -0.444 e. The number of rotatable bonds is 8. The van der Waals surface area contributed by atoms with Gasteiger partial charge in [-0.1, -0.05) is 19.3 Å². The van der Waals surface area contributed by atoms with E-state index >= 15 is 0 Å². The van der Waals surface area contributed by atoms with E-state index in [1.165, 1.54) is 25.7 Å². The highest BCUT2D eigenvalue weighted by Crippen LogP contribution is 2.06. The average molecular weight is 244 g/mol. The van der Waals surface area contributed by atoms with Crippen LogP contribution in [0, 0.1) is 0 Å². The summed E-state index contributed by atoms with van der Waals surface area (Å²) in [5, 5.41) is 5.90. The molecule has 0 aliphatic carbocycles. The first-order valence-electron chi connectivity index (χ1n) is 6.57. The summed E-state index contributed by atoms with van der Waals surface area (Å²) in [6.45, 7) is 7.41. The highest BCUT2D eigenvalue weighted by atomic mass is 16.6. The Morgan fingerprint density at radius 3 is 2.06 bits per heavy atom. The van der Waals surface area contributed by atoms with Crippen LogP contribution >= 0.6 is 0 Å². The molecule has 0 aromatic heterocycles. The molecule has 0 saturated carbocycles. The molecule has 4 nitrogen and oxygen atoms in total. The van der Waals surface area contributed by atoms with E-state index in [9.17, 15) is 4.79 Å². The van der Waals surface area contributed by atoms with Crippen LogP contribution in [0.3, 0.4) is 0 Å². The van der Waals surface area contributed by atoms with Gasteiger partial charge in [0.2, 0.25) is 0 Å². The van der Waals surface area contributed by atoms with E-state index in [-0.39, 0.29) is 6.09 Å². The monoisotopic (exact) mass is 244 g/mol. The van der Waals surface area contributed by atoms with E-state index in [0.29, 0.717) is 6.54 Å². The molecule has 0 spiro atoms. The normalized spacial score (nSPS) is 11.3. The van der Waals surface area contributed by atoms with E-state index in [2.05, 4.69) is 10.6 Å². The van der Waals surface area contributed by atoms with Crippen molar-refractivity contribution in [2.75, 3.05) is 20.1 Å². The molecule has 0 rings (SSSR count). The SMILES string of the molecule is CNCCCCCCCNC(=O)OC(C)(C)C. The Labute approximate surface area is 105 Å². The van der Waals surface area contributed by atoms with Crippen molar-refractivity contribution in [3.8, 4) is 0 Å². The first-order chi connectivity index (χ1) is 7.95. The molecule has 0 aromatic carbocycles. The lowest BCUT2D eigenvalue weighted by atomic mass is 10.1. The van der Waals surface area contributed by atoms with Gasteiger partial charge in [-0.2, -0.15) is 0 Å². The summed E-state index contributed by atoms with van der Waals surface area (Å²) in [5.41, 5.74) is -0.406. The number of carbonyl (C=O) groups is 1. The summed E-state index contributed by atoms with van der Waals surface area (Å²) in [4.78, 5) is 11.3. The van der Waals surface area contributed by atoms with Gasteiger partial charge < -0.3 is 15.4 Å². The second kappa shape index (κ2) is 9.28. The Bertz CT molecular complexity index is 200. The van der Waals surface area contributed by atoms with Crippen LogP contribution in [0.2, 0.25) is 0 Å². The van der Waals surface area contributed by atoms with Crippen molar-refractivity contribution in [2.24, 2.45) is 0 Å². The highest BCUT2D eigenvalue weighted by Gasteiger charge is 2.15. The van der Waals surface area contributed by atoms with Gasteiger partial charge in [0.05, 0.1) is 0 Å². The number of ether oxygens (including phenoxy) is 1. The molecule has 102 valence electrons. The van der Waals surface area contributed by atoms with Crippen LogP contribution in [0.1, 0.15) is 52.9 Å². The second-order valence-electron chi connectivity index (χ2n) is 5.30. The molecular formula is C13H28N2O2. The van der Waals surface area contributed by atoms with Crippen LogP contribution in [0.25, 0.3) is 0 Å². The number of hydrogen-bond donors (Lipinski definition) is 2. The molecule has 0 fully saturated rings. The van der Waals surface area contributed by atoms with E-state index in [4.69, 9.17) is 4.74 Å². The van der Waals surface area contributed by atoms with Crippen molar-refractivity contribution in [3.63, 3.8) is 0 Å². The molecule has 0 atom stereocenters. The summed E-state index contributed by atoms with van der Waals surface area (Å²) >= 11 is 0. The lowest BCUT2D eigenvalue weighted by molar-refractivity contribution is 0.0527. The molecule has 1 amide bonds. The van der Waals surface area contributed by atoms with E-state index in [1.807, 2.05) is 27.8 Å². The van der Waals surface area contributed by atoms with Gasteiger partial charge in [-0.25, -0.2) is 4.79 Å². The van der Waals surface area contributed by atoms with Crippen molar-refractivity contribution in [2.45, 2.75) is 58.5 Å². The van der Waals surface area contributed by atoms with Gasteiger partial charge in [0.1, 0.15) is 5.60 Å². The third-order valence-corrected chi connectivity index (χ3v) is 2.27. The molecular weight excluding hydrogens is 216 g/mol. The quantitative estimate of drug-likeness (QED) is 0.645. The van der Waals surface area contributed by atoms with E-state index in [1.54, 1.807) is 0 Å². The Kier molecular flexibility index (Phi) is 8.86. The van der Waals surface area contributed by atoms with Crippen LogP contribution in [-0.2, 0) is 4.74 Å². The van der Waals surface area contributed by atoms with Gasteiger partial charge in [0.25, 0.3) is 0 Å². The first kappa shape index (κ1) is 16.2. The van der Waals surface area contributed by atoms with Crippen molar-refractivity contribution in [1.82, 2.24) is 10.6 Å². The first-order valence-corrected chi connectivity index (χ1v) is 6.57. The van der Waals surface area contributed by atoms with Crippen LogP contribution < -0.4 is 10.6 Å². The van der Waals surface area contributed by atoms with Crippen LogP contribution in [-0.4, -0.2) is 31.8 Å². The lowest BCUT2D eigenvalue weighted by Gasteiger charge is -2.19. The molecule has 0 radical (unpaired) electrons. The average Bonchev–Trinajstić information content (AvgIpc) is 2.19. The molecule has 4 heteroatoms. The number of nitrogens with one attached hydrogen (secondary N) is 2. The number of amides is 1. The molecule has 0 aliphatic heterocycles. The molecule has 0 bridgehead atoms. The Morgan fingerprint density at radius 2 is 1.53 bits per heavy atom. The maximum atomic E-state index is 11.3. The topological polar surface area (TPSA) is 50.4 Å². The number of unbranched alkanes of at least 4 members (excludes halogenated alkanes) is 4. The standard InChI is InChI=1S/C13H28N2O2/c1-13(2,3)17-12(16)15-11-9-7-5-6-8-10-14-4/h14H,5-11H2,1-4H3,(H,15,16). The van der Waals surface area contributed by atoms with Gasteiger partial charge in [-0.15, -0.1) is 0 Å². The summed E-state index contributed by atoms with van der Waals surface area (Å²) in [7, 11) is 1.98. The maximum absolute atomic E-state index is 11.3. The van der Waals surface area contributed by atoms with Crippen molar-refractivity contribution >= 4 is 6.09 Å². The van der Waals surface area contributed by atoms with Crippen molar-refractivity contribution < 1.29 is 9.53 Å². The summed E-state index contributed by atoms with van der Waals surface area (Å²) in [6.07, 6.45) is 5.60. The number of carbonyl (C=O) groups excluding carboxylic acids is 1. The maximum Gasteiger partial charge on any atom is 0.407 e. The summed E-state index contributed by atoms with van der Waals surface area (Å²) in [6, 6.07) is 0. The van der Waals surface area contributed by atoms with Gasteiger partial charge in [0.15, 0.2) is 0 Å². The zero-order chi connectivity index (χ0) is 13.1. The largest absolute Gasteiger partial charge is 0.444 e. The van der Waals surface area contributed by atoms with Crippen LogP contribution in [0.5, 0.6) is 0 Å². The zero-order valence-corrected chi connectivity index (χ0v) is 11.8. The summed E-state index contributed by atoms with van der Waals surface area (Å²) in [5.74, 6) is 0. The van der Waals surface area contributed by atoms with E-state index in [0.717, 1.165) is 13.0 Å². The Balaban J connectivity index is 3.25. The Morgan fingerprint density at radius 1 is 1.00 bits per heavy atom. The smallest absolute Gasteiger partial charge is 0.407 e. The molecule has 2 N–H and O–H groups in total. The zero-order valence-electron chi connectivity index (χ0n) is 11.8. The van der Waals surface area contributed by atoms with Gasteiger partial charge >= 0.3 is 6.09 Å².